The number of piperazine rings is 1. The molecule has 0 N–H and O–H groups in total. The van der Waals surface area contributed by atoms with E-state index in [1.807, 2.05) is 32.6 Å². The summed E-state index contributed by atoms with van der Waals surface area (Å²) in [5.74, 6) is 0.149. The highest BCUT2D eigenvalue weighted by atomic mass is 16.6. The fraction of sp³-hybridized carbons (Fsp3) is 0.625. The first-order valence-corrected chi connectivity index (χ1v) is 7.86. The molecule has 1 aliphatic heterocycles. The van der Waals surface area contributed by atoms with Crippen molar-refractivity contribution in [2.75, 3.05) is 31.6 Å². The molecule has 1 unspecified atom stereocenters. The first kappa shape index (κ1) is 18.0. The molecular weight excluding hydrogens is 312 g/mol. The molecule has 132 valence electrons. The van der Waals surface area contributed by atoms with Crippen LogP contribution in [-0.4, -0.2) is 65.3 Å². The molecule has 1 aromatic rings. The molecule has 0 aromatic carbocycles. The van der Waals surface area contributed by atoms with E-state index in [-0.39, 0.29) is 17.8 Å². The van der Waals surface area contributed by atoms with Gasteiger partial charge in [-0.25, -0.2) is 19.6 Å². The summed E-state index contributed by atoms with van der Waals surface area (Å²) in [7, 11) is 1.30. The summed E-state index contributed by atoms with van der Waals surface area (Å²) < 4.78 is 10.0. The lowest BCUT2D eigenvalue weighted by Crippen LogP contribution is -2.55. The maximum atomic E-state index is 12.2. The third-order valence-corrected chi connectivity index (χ3v) is 3.61. The number of hydrogen-bond donors (Lipinski definition) is 0. The maximum absolute atomic E-state index is 12.2. The molecule has 0 aliphatic carbocycles. The van der Waals surface area contributed by atoms with Gasteiger partial charge in [-0.2, -0.15) is 0 Å². The Morgan fingerprint density at radius 3 is 2.42 bits per heavy atom. The van der Waals surface area contributed by atoms with E-state index >= 15 is 0 Å². The van der Waals surface area contributed by atoms with E-state index in [1.54, 1.807) is 11.1 Å². The van der Waals surface area contributed by atoms with Crippen LogP contribution in [0.1, 0.15) is 38.2 Å². The summed E-state index contributed by atoms with van der Waals surface area (Å²) >= 11 is 0. The zero-order chi connectivity index (χ0) is 17.9. The van der Waals surface area contributed by atoms with E-state index in [1.165, 1.54) is 13.3 Å². The molecule has 24 heavy (non-hydrogen) atoms. The molecule has 0 radical (unpaired) electrons. The van der Waals surface area contributed by atoms with Gasteiger partial charge in [0.2, 0.25) is 0 Å². The number of nitrogens with zero attached hydrogens (tertiary/aromatic N) is 4. The highest BCUT2D eigenvalue weighted by Crippen LogP contribution is 2.19. The second-order valence-electron chi connectivity index (χ2n) is 6.72. The summed E-state index contributed by atoms with van der Waals surface area (Å²) in [6.07, 6.45) is 2.63. The van der Waals surface area contributed by atoms with Crippen molar-refractivity contribution in [3.05, 3.63) is 18.1 Å². The van der Waals surface area contributed by atoms with E-state index < -0.39 is 11.6 Å². The van der Waals surface area contributed by atoms with Crippen LogP contribution in [0.2, 0.25) is 0 Å². The Morgan fingerprint density at radius 2 is 1.92 bits per heavy atom. The van der Waals surface area contributed by atoms with E-state index in [0.29, 0.717) is 25.5 Å². The molecular formula is C16H24N4O4. The van der Waals surface area contributed by atoms with Gasteiger partial charge in [-0.3, -0.25) is 0 Å². The molecule has 0 spiro atoms. The summed E-state index contributed by atoms with van der Waals surface area (Å²) in [6.45, 7) is 9.29. The van der Waals surface area contributed by atoms with Gasteiger partial charge in [-0.1, -0.05) is 0 Å². The quantitative estimate of drug-likeness (QED) is 0.760. The molecule has 1 aliphatic rings. The first-order valence-electron chi connectivity index (χ1n) is 7.86. The number of ether oxygens (including phenoxy) is 2. The monoisotopic (exact) mass is 336 g/mol. The van der Waals surface area contributed by atoms with Crippen LogP contribution in [0.5, 0.6) is 0 Å². The molecule has 1 aromatic heterocycles. The molecule has 2 rings (SSSR count). The minimum Gasteiger partial charge on any atom is -0.464 e. The minimum absolute atomic E-state index is 0.0179. The number of rotatable bonds is 2. The second-order valence-corrected chi connectivity index (χ2v) is 6.72. The smallest absolute Gasteiger partial charge is 0.410 e. The Bertz CT molecular complexity index is 597. The number of amides is 1. The third kappa shape index (κ3) is 4.33. The van der Waals surface area contributed by atoms with E-state index in [2.05, 4.69) is 14.7 Å². The number of hydrogen-bond acceptors (Lipinski definition) is 7. The van der Waals surface area contributed by atoms with Gasteiger partial charge in [0, 0.05) is 25.7 Å². The van der Waals surface area contributed by atoms with Gasteiger partial charge in [-0.15, -0.1) is 0 Å². The third-order valence-electron chi connectivity index (χ3n) is 3.61. The van der Waals surface area contributed by atoms with Crippen LogP contribution in [0.25, 0.3) is 0 Å². The van der Waals surface area contributed by atoms with Gasteiger partial charge < -0.3 is 19.3 Å². The fourth-order valence-electron chi connectivity index (χ4n) is 2.45. The number of esters is 1. The topological polar surface area (TPSA) is 84.9 Å². The zero-order valence-electron chi connectivity index (χ0n) is 14.8. The van der Waals surface area contributed by atoms with Crippen LogP contribution >= 0.6 is 0 Å². The lowest BCUT2D eigenvalue weighted by atomic mass is 10.2. The van der Waals surface area contributed by atoms with Gasteiger partial charge in [0.05, 0.1) is 19.5 Å². The number of carbonyl (C=O) groups excluding carboxylic acids is 2. The average molecular weight is 336 g/mol. The molecule has 1 atom stereocenters. The van der Waals surface area contributed by atoms with Crippen molar-refractivity contribution in [3.63, 3.8) is 0 Å². The summed E-state index contributed by atoms with van der Waals surface area (Å²) in [6, 6.07) is -0.0179. The van der Waals surface area contributed by atoms with E-state index in [9.17, 15) is 9.59 Å². The van der Waals surface area contributed by atoms with Gasteiger partial charge in [-0.05, 0) is 27.7 Å². The largest absolute Gasteiger partial charge is 0.464 e. The highest BCUT2D eigenvalue weighted by Gasteiger charge is 2.31. The number of anilines is 1. The SMILES string of the molecule is COC(=O)c1cnc(N2CCN(C(=O)OC(C)(C)C)C(C)C2)cn1. The zero-order valence-corrected chi connectivity index (χ0v) is 14.8. The summed E-state index contributed by atoms with van der Waals surface area (Å²) in [5.41, 5.74) is -0.343. The predicted molar refractivity (Wildman–Crippen MR) is 88.0 cm³/mol. The van der Waals surface area contributed by atoms with Crippen molar-refractivity contribution in [1.82, 2.24) is 14.9 Å². The van der Waals surface area contributed by atoms with Crippen molar-refractivity contribution in [2.45, 2.75) is 39.3 Å². The lowest BCUT2D eigenvalue weighted by molar-refractivity contribution is 0.0158. The van der Waals surface area contributed by atoms with Crippen molar-refractivity contribution >= 4 is 17.9 Å². The first-order chi connectivity index (χ1) is 11.2. The van der Waals surface area contributed by atoms with Gasteiger partial charge >= 0.3 is 12.1 Å². The lowest BCUT2D eigenvalue weighted by Gasteiger charge is -2.40. The van der Waals surface area contributed by atoms with Crippen LogP contribution in [0, 0.1) is 0 Å². The Morgan fingerprint density at radius 1 is 1.21 bits per heavy atom. The predicted octanol–water partition coefficient (Wildman–Crippen LogP) is 1.71. The van der Waals surface area contributed by atoms with Gasteiger partial charge in [0.15, 0.2) is 5.69 Å². The second kappa shape index (κ2) is 7.02. The average Bonchev–Trinajstić information content (AvgIpc) is 2.52. The molecule has 2 heterocycles. The van der Waals surface area contributed by atoms with Crippen LogP contribution in [0.4, 0.5) is 10.6 Å². The Labute approximate surface area is 141 Å². The standard InChI is InChI=1S/C16H24N4O4/c1-11-10-19(6-7-20(11)15(22)24-16(2,3)4)13-9-17-12(8-18-13)14(21)23-5/h8-9,11H,6-7,10H2,1-5H3. The molecule has 8 nitrogen and oxygen atoms in total. The molecule has 8 heteroatoms. The number of aromatic nitrogens is 2. The molecule has 1 fully saturated rings. The Kier molecular flexibility index (Phi) is 5.26. The maximum Gasteiger partial charge on any atom is 0.410 e. The van der Waals surface area contributed by atoms with E-state index in [4.69, 9.17) is 4.74 Å². The fourth-order valence-corrected chi connectivity index (χ4v) is 2.45. The van der Waals surface area contributed by atoms with Gasteiger partial charge in [0.1, 0.15) is 11.4 Å². The van der Waals surface area contributed by atoms with Crippen molar-refractivity contribution in [3.8, 4) is 0 Å². The number of methoxy groups -OCH3 is 1. The molecule has 1 amide bonds. The van der Waals surface area contributed by atoms with E-state index in [0.717, 1.165) is 0 Å². The number of carbonyl (C=O) groups is 2. The van der Waals surface area contributed by atoms with Gasteiger partial charge in [0.25, 0.3) is 0 Å². The molecule has 1 saturated heterocycles. The summed E-state index contributed by atoms with van der Waals surface area (Å²) in [5, 5.41) is 0. The Balaban J connectivity index is 2.00. The van der Waals surface area contributed by atoms with Crippen LogP contribution in [0.15, 0.2) is 12.4 Å². The Hall–Kier alpha value is -2.38. The van der Waals surface area contributed by atoms with Crippen molar-refractivity contribution < 1.29 is 19.1 Å². The summed E-state index contributed by atoms with van der Waals surface area (Å²) in [4.78, 5) is 35.7. The van der Waals surface area contributed by atoms with Crippen LogP contribution in [0.3, 0.4) is 0 Å². The normalized spacial score (nSPS) is 18.3. The molecule has 0 bridgehead atoms. The van der Waals surface area contributed by atoms with Crippen LogP contribution < -0.4 is 4.90 Å². The van der Waals surface area contributed by atoms with Crippen molar-refractivity contribution in [2.24, 2.45) is 0 Å². The van der Waals surface area contributed by atoms with Crippen molar-refractivity contribution in [1.29, 1.82) is 0 Å². The van der Waals surface area contributed by atoms with Crippen LogP contribution in [-0.2, 0) is 9.47 Å². The highest BCUT2D eigenvalue weighted by molar-refractivity contribution is 5.86. The molecule has 0 saturated carbocycles. The minimum atomic E-state index is -0.517.